The van der Waals surface area contributed by atoms with E-state index in [-0.39, 0.29) is 23.7 Å². The summed E-state index contributed by atoms with van der Waals surface area (Å²) in [6.07, 6.45) is 1.47. The SMILES string of the molecule is CC(C)[C@H](N)C(=O)NCCCOCCOCCOCCCNC(=O)[C@@H](N)C(C)C. The lowest BCUT2D eigenvalue weighted by molar-refractivity contribution is -0.124. The standard InChI is InChI=1S/C20H42N4O5/c1-15(2)17(21)19(25)23-7-5-9-27-11-13-29-14-12-28-10-6-8-24-20(26)18(22)16(3)4/h15-18H,5-14,21-22H2,1-4H3,(H,23,25)(H,24,26)/t17-,18-/m0/s1. The van der Waals surface area contributed by atoms with Crippen molar-refractivity contribution in [3.05, 3.63) is 0 Å². The first-order chi connectivity index (χ1) is 13.8. The largest absolute Gasteiger partial charge is 0.379 e. The van der Waals surface area contributed by atoms with Gasteiger partial charge in [-0.3, -0.25) is 9.59 Å². The predicted octanol–water partition coefficient (Wildman–Crippen LogP) is 0.0154. The second-order valence-electron chi connectivity index (χ2n) is 7.67. The number of rotatable bonds is 18. The van der Waals surface area contributed by atoms with Gasteiger partial charge in [-0.2, -0.15) is 0 Å². The van der Waals surface area contributed by atoms with Crippen LogP contribution in [0.2, 0.25) is 0 Å². The van der Waals surface area contributed by atoms with Crippen molar-refractivity contribution in [3.8, 4) is 0 Å². The van der Waals surface area contributed by atoms with Gasteiger partial charge < -0.3 is 36.3 Å². The number of carbonyl (C=O) groups excluding carboxylic acids is 2. The van der Waals surface area contributed by atoms with E-state index in [0.29, 0.717) is 52.7 Å². The smallest absolute Gasteiger partial charge is 0.237 e. The van der Waals surface area contributed by atoms with Crippen LogP contribution in [0.3, 0.4) is 0 Å². The molecular weight excluding hydrogens is 376 g/mol. The van der Waals surface area contributed by atoms with Crippen molar-refractivity contribution in [2.45, 2.75) is 52.6 Å². The van der Waals surface area contributed by atoms with Crippen molar-refractivity contribution in [2.24, 2.45) is 23.3 Å². The average Bonchev–Trinajstić information content (AvgIpc) is 2.68. The minimum absolute atomic E-state index is 0.121. The number of carbonyl (C=O) groups is 2. The van der Waals surface area contributed by atoms with Gasteiger partial charge >= 0.3 is 0 Å². The first-order valence-electron chi connectivity index (χ1n) is 10.6. The van der Waals surface area contributed by atoms with Crippen molar-refractivity contribution in [1.29, 1.82) is 0 Å². The Morgan fingerprint density at radius 2 is 0.966 bits per heavy atom. The van der Waals surface area contributed by atoms with Crippen molar-refractivity contribution in [3.63, 3.8) is 0 Å². The number of ether oxygens (including phenoxy) is 3. The fourth-order valence-electron chi connectivity index (χ4n) is 2.15. The molecule has 172 valence electrons. The van der Waals surface area contributed by atoms with Gasteiger partial charge in [0.1, 0.15) is 0 Å². The van der Waals surface area contributed by atoms with Crippen LogP contribution in [-0.4, -0.2) is 76.6 Å². The Bertz CT molecular complexity index is 397. The van der Waals surface area contributed by atoms with Gasteiger partial charge in [-0.1, -0.05) is 27.7 Å². The van der Waals surface area contributed by atoms with Crippen LogP contribution in [0.4, 0.5) is 0 Å². The first-order valence-corrected chi connectivity index (χ1v) is 10.6. The molecule has 0 aromatic carbocycles. The molecule has 0 saturated carbocycles. The molecule has 0 saturated heterocycles. The van der Waals surface area contributed by atoms with Crippen LogP contribution >= 0.6 is 0 Å². The molecular formula is C20H42N4O5. The maximum atomic E-state index is 11.7. The summed E-state index contributed by atoms with van der Waals surface area (Å²) in [5.41, 5.74) is 11.5. The Kier molecular flexibility index (Phi) is 16.8. The van der Waals surface area contributed by atoms with Gasteiger partial charge in [-0.25, -0.2) is 0 Å². The van der Waals surface area contributed by atoms with Crippen LogP contribution < -0.4 is 22.1 Å². The van der Waals surface area contributed by atoms with Gasteiger partial charge in [0.15, 0.2) is 0 Å². The lowest BCUT2D eigenvalue weighted by atomic mass is 10.1. The van der Waals surface area contributed by atoms with E-state index >= 15 is 0 Å². The van der Waals surface area contributed by atoms with E-state index in [1.54, 1.807) is 0 Å². The summed E-state index contributed by atoms with van der Waals surface area (Å²) in [6, 6.07) is -0.929. The fraction of sp³-hybridized carbons (Fsp3) is 0.900. The Balaban J connectivity index is 3.30. The van der Waals surface area contributed by atoms with E-state index in [0.717, 1.165) is 12.8 Å². The lowest BCUT2D eigenvalue weighted by Gasteiger charge is -2.15. The molecule has 2 amide bonds. The minimum atomic E-state index is -0.464. The molecule has 6 N–H and O–H groups in total. The molecule has 0 aromatic heterocycles. The molecule has 0 fully saturated rings. The predicted molar refractivity (Wildman–Crippen MR) is 113 cm³/mol. The quantitative estimate of drug-likeness (QED) is 0.230. The second kappa shape index (κ2) is 17.6. The van der Waals surface area contributed by atoms with Gasteiger partial charge in [-0.05, 0) is 24.7 Å². The number of hydrogen-bond acceptors (Lipinski definition) is 7. The summed E-state index contributed by atoms with van der Waals surface area (Å²) in [5.74, 6) is 0.0125. The Morgan fingerprint density at radius 1 is 0.655 bits per heavy atom. The fourth-order valence-corrected chi connectivity index (χ4v) is 2.15. The third-order valence-corrected chi connectivity index (χ3v) is 4.32. The van der Waals surface area contributed by atoms with E-state index in [4.69, 9.17) is 25.7 Å². The van der Waals surface area contributed by atoms with E-state index in [2.05, 4.69) is 10.6 Å². The summed E-state index contributed by atoms with van der Waals surface area (Å²) < 4.78 is 16.3. The molecule has 0 unspecified atom stereocenters. The molecule has 0 aliphatic heterocycles. The molecule has 0 bridgehead atoms. The first kappa shape index (κ1) is 27.7. The van der Waals surface area contributed by atoms with Gasteiger partial charge in [0.2, 0.25) is 11.8 Å². The Hall–Kier alpha value is -1.26. The third-order valence-electron chi connectivity index (χ3n) is 4.32. The van der Waals surface area contributed by atoms with Crippen LogP contribution in [0.5, 0.6) is 0 Å². The highest BCUT2D eigenvalue weighted by Gasteiger charge is 2.16. The molecule has 0 aliphatic rings. The van der Waals surface area contributed by atoms with Crippen LogP contribution in [0.1, 0.15) is 40.5 Å². The summed E-state index contributed by atoms with van der Waals surface area (Å²) in [7, 11) is 0. The molecule has 9 heteroatoms. The van der Waals surface area contributed by atoms with Crippen molar-refractivity contribution in [2.75, 3.05) is 52.7 Å². The maximum Gasteiger partial charge on any atom is 0.237 e. The van der Waals surface area contributed by atoms with Gasteiger partial charge in [0.25, 0.3) is 0 Å². The molecule has 29 heavy (non-hydrogen) atoms. The number of nitrogens with one attached hydrogen (secondary N) is 2. The molecule has 0 spiro atoms. The summed E-state index contributed by atoms with van der Waals surface area (Å²) >= 11 is 0. The second-order valence-corrected chi connectivity index (χ2v) is 7.67. The van der Waals surface area contributed by atoms with Crippen LogP contribution in [-0.2, 0) is 23.8 Å². The molecule has 9 nitrogen and oxygen atoms in total. The molecule has 0 radical (unpaired) electrons. The zero-order valence-electron chi connectivity index (χ0n) is 18.6. The van der Waals surface area contributed by atoms with E-state index < -0.39 is 12.1 Å². The average molecular weight is 419 g/mol. The van der Waals surface area contributed by atoms with Gasteiger partial charge in [0.05, 0.1) is 38.5 Å². The number of nitrogens with two attached hydrogens (primary N) is 2. The van der Waals surface area contributed by atoms with E-state index in [1.807, 2.05) is 27.7 Å². The van der Waals surface area contributed by atoms with E-state index in [9.17, 15) is 9.59 Å². The van der Waals surface area contributed by atoms with Crippen LogP contribution in [0, 0.1) is 11.8 Å². The minimum Gasteiger partial charge on any atom is -0.379 e. The third kappa shape index (κ3) is 15.3. The zero-order chi connectivity index (χ0) is 22.1. The van der Waals surface area contributed by atoms with E-state index in [1.165, 1.54) is 0 Å². The maximum absolute atomic E-state index is 11.7. The van der Waals surface area contributed by atoms with Gasteiger partial charge in [0, 0.05) is 26.3 Å². The van der Waals surface area contributed by atoms with Crippen molar-refractivity contribution >= 4 is 11.8 Å². The molecule has 0 aliphatic carbocycles. The summed E-state index contributed by atoms with van der Waals surface area (Å²) in [6.45, 7) is 11.9. The Morgan fingerprint density at radius 3 is 1.28 bits per heavy atom. The molecule has 0 aromatic rings. The normalized spacial score (nSPS) is 13.5. The highest BCUT2D eigenvalue weighted by Crippen LogP contribution is 1.98. The molecule has 0 rings (SSSR count). The topological polar surface area (TPSA) is 138 Å². The summed E-state index contributed by atoms with van der Waals surface area (Å²) in [5, 5.41) is 5.60. The highest BCUT2D eigenvalue weighted by atomic mass is 16.5. The summed E-state index contributed by atoms with van der Waals surface area (Å²) in [4.78, 5) is 23.3. The highest BCUT2D eigenvalue weighted by molar-refractivity contribution is 5.82. The monoisotopic (exact) mass is 418 g/mol. The lowest BCUT2D eigenvalue weighted by Crippen LogP contribution is -2.44. The van der Waals surface area contributed by atoms with Crippen LogP contribution in [0.25, 0.3) is 0 Å². The Labute approximate surface area is 175 Å². The molecule has 2 atom stereocenters. The molecule has 0 heterocycles. The zero-order valence-corrected chi connectivity index (χ0v) is 18.6. The van der Waals surface area contributed by atoms with Crippen LogP contribution in [0.15, 0.2) is 0 Å². The van der Waals surface area contributed by atoms with Crippen molar-refractivity contribution < 1.29 is 23.8 Å². The number of amides is 2. The number of hydrogen-bond donors (Lipinski definition) is 4. The van der Waals surface area contributed by atoms with Gasteiger partial charge in [-0.15, -0.1) is 0 Å². The van der Waals surface area contributed by atoms with Crippen molar-refractivity contribution in [1.82, 2.24) is 10.6 Å².